The third-order valence-electron chi connectivity index (χ3n) is 2.71. The maximum Gasteiger partial charge on any atom is 0.271 e. The van der Waals surface area contributed by atoms with Gasteiger partial charge in [0.1, 0.15) is 4.21 Å². The van der Waals surface area contributed by atoms with Gasteiger partial charge in [-0.1, -0.05) is 24.0 Å². The summed E-state index contributed by atoms with van der Waals surface area (Å²) in [5.41, 5.74) is 2.18. The molecule has 0 aliphatic rings. The molecule has 0 aliphatic carbocycles. The molecule has 0 aliphatic heterocycles. The van der Waals surface area contributed by atoms with Crippen molar-refractivity contribution in [3.8, 4) is 11.8 Å². The molecular formula is C15H15NO3S2. The summed E-state index contributed by atoms with van der Waals surface area (Å²) in [4.78, 5) is 0. The maximum atomic E-state index is 12.1. The predicted octanol–water partition coefficient (Wildman–Crippen LogP) is 2.59. The van der Waals surface area contributed by atoms with Crippen molar-refractivity contribution < 1.29 is 13.5 Å². The summed E-state index contributed by atoms with van der Waals surface area (Å²) in [5, 5.41) is 10.5. The lowest BCUT2D eigenvalue weighted by Crippen LogP contribution is -2.11. The van der Waals surface area contributed by atoms with Crippen LogP contribution in [0.15, 0.2) is 39.9 Å². The fraction of sp³-hybridized carbons (Fsp3) is 0.200. The molecule has 21 heavy (non-hydrogen) atoms. The zero-order chi connectivity index (χ0) is 15.3. The average Bonchev–Trinajstić information content (AvgIpc) is 2.97. The number of benzene rings is 1. The topological polar surface area (TPSA) is 66.4 Å². The van der Waals surface area contributed by atoms with Crippen LogP contribution in [-0.2, 0) is 10.0 Å². The molecule has 6 heteroatoms. The third kappa shape index (κ3) is 4.08. The molecule has 1 heterocycles. The molecular weight excluding hydrogens is 306 g/mol. The molecule has 4 nitrogen and oxygen atoms in total. The summed E-state index contributed by atoms with van der Waals surface area (Å²) in [6.45, 7) is 1.91. The molecule has 0 spiro atoms. The van der Waals surface area contributed by atoms with Gasteiger partial charge in [-0.05, 0) is 36.1 Å². The SMILES string of the molecule is Cc1ccc(NS(=O)(=O)c2cccs2)cc1C#CCCO. The van der Waals surface area contributed by atoms with E-state index in [0.717, 1.165) is 11.1 Å². The largest absolute Gasteiger partial charge is 0.395 e. The fourth-order valence-corrected chi connectivity index (χ4v) is 3.70. The highest BCUT2D eigenvalue weighted by molar-refractivity contribution is 7.94. The first-order valence-electron chi connectivity index (χ1n) is 6.29. The van der Waals surface area contributed by atoms with Crippen LogP contribution < -0.4 is 4.72 Å². The van der Waals surface area contributed by atoms with Crippen LogP contribution in [0.1, 0.15) is 17.5 Å². The van der Waals surface area contributed by atoms with Crippen LogP contribution in [0.5, 0.6) is 0 Å². The predicted molar refractivity (Wildman–Crippen MR) is 84.9 cm³/mol. The lowest BCUT2D eigenvalue weighted by atomic mass is 10.1. The summed E-state index contributed by atoms with van der Waals surface area (Å²) in [7, 11) is -3.54. The highest BCUT2D eigenvalue weighted by Crippen LogP contribution is 2.21. The zero-order valence-electron chi connectivity index (χ0n) is 11.5. The second kappa shape index (κ2) is 6.76. The van der Waals surface area contributed by atoms with Crippen molar-refractivity contribution in [2.75, 3.05) is 11.3 Å². The van der Waals surface area contributed by atoms with E-state index in [-0.39, 0.29) is 10.8 Å². The van der Waals surface area contributed by atoms with E-state index in [9.17, 15) is 8.42 Å². The van der Waals surface area contributed by atoms with Gasteiger partial charge in [0.15, 0.2) is 0 Å². The van der Waals surface area contributed by atoms with Gasteiger partial charge in [-0.3, -0.25) is 4.72 Å². The Morgan fingerprint density at radius 3 is 2.81 bits per heavy atom. The summed E-state index contributed by atoms with van der Waals surface area (Å²) in [6, 6.07) is 8.47. The first-order valence-corrected chi connectivity index (χ1v) is 8.66. The van der Waals surface area contributed by atoms with Crippen LogP contribution in [0.3, 0.4) is 0 Å². The Balaban J connectivity index is 2.26. The van der Waals surface area contributed by atoms with Gasteiger partial charge < -0.3 is 5.11 Å². The van der Waals surface area contributed by atoms with E-state index in [4.69, 9.17) is 5.11 Å². The second-order valence-corrected chi connectivity index (χ2v) is 7.20. The van der Waals surface area contributed by atoms with Gasteiger partial charge in [-0.25, -0.2) is 8.42 Å². The number of thiophene rings is 1. The van der Waals surface area contributed by atoms with Gasteiger partial charge >= 0.3 is 0 Å². The summed E-state index contributed by atoms with van der Waals surface area (Å²) >= 11 is 1.17. The Kier molecular flexibility index (Phi) is 5.02. The summed E-state index contributed by atoms with van der Waals surface area (Å²) in [5.74, 6) is 5.77. The normalized spacial score (nSPS) is 10.8. The van der Waals surface area contributed by atoms with Crippen LogP contribution in [0.4, 0.5) is 5.69 Å². The molecule has 2 rings (SSSR count). The Morgan fingerprint density at radius 2 is 2.14 bits per heavy atom. The minimum Gasteiger partial charge on any atom is -0.395 e. The van der Waals surface area contributed by atoms with E-state index in [0.29, 0.717) is 12.1 Å². The highest BCUT2D eigenvalue weighted by atomic mass is 32.2. The Labute approximate surface area is 128 Å². The number of hydrogen-bond acceptors (Lipinski definition) is 4. The molecule has 0 saturated heterocycles. The lowest BCUT2D eigenvalue weighted by Gasteiger charge is -2.08. The standard InChI is InChI=1S/C15H15NO3S2/c1-12-7-8-14(11-13(12)5-2-3-9-17)16-21(18,19)15-6-4-10-20-15/h4,6-8,10-11,16-17H,3,9H2,1H3. The monoisotopic (exact) mass is 321 g/mol. The highest BCUT2D eigenvalue weighted by Gasteiger charge is 2.15. The molecule has 0 atom stereocenters. The van der Waals surface area contributed by atoms with E-state index < -0.39 is 10.0 Å². The number of aliphatic hydroxyl groups excluding tert-OH is 1. The first kappa shape index (κ1) is 15.6. The number of aliphatic hydroxyl groups is 1. The molecule has 0 radical (unpaired) electrons. The quantitative estimate of drug-likeness (QED) is 0.851. The van der Waals surface area contributed by atoms with Crippen molar-refractivity contribution in [2.45, 2.75) is 17.6 Å². The first-order chi connectivity index (χ1) is 10.0. The van der Waals surface area contributed by atoms with Crippen molar-refractivity contribution >= 4 is 27.0 Å². The van der Waals surface area contributed by atoms with E-state index in [2.05, 4.69) is 16.6 Å². The minimum atomic E-state index is -3.54. The van der Waals surface area contributed by atoms with Crippen molar-refractivity contribution in [2.24, 2.45) is 0 Å². The van der Waals surface area contributed by atoms with Crippen molar-refractivity contribution in [3.63, 3.8) is 0 Å². The Morgan fingerprint density at radius 1 is 1.33 bits per heavy atom. The van der Waals surface area contributed by atoms with Gasteiger partial charge in [0, 0.05) is 12.0 Å². The van der Waals surface area contributed by atoms with Gasteiger partial charge in [0.05, 0.1) is 12.3 Å². The number of sulfonamides is 1. The van der Waals surface area contributed by atoms with Crippen LogP contribution in [0.2, 0.25) is 0 Å². The molecule has 1 aromatic heterocycles. The van der Waals surface area contributed by atoms with Gasteiger partial charge in [-0.2, -0.15) is 0 Å². The van der Waals surface area contributed by atoms with E-state index >= 15 is 0 Å². The van der Waals surface area contributed by atoms with Crippen molar-refractivity contribution in [1.82, 2.24) is 0 Å². The molecule has 110 valence electrons. The number of anilines is 1. The molecule has 0 fully saturated rings. The third-order valence-corrected chi connectivity index (χ3v) is 5.49. The number of hydrogen-bond donors (Lipinski definition) is 2. The minimum absolute atomic E-state index is 0.0107. The fourth-order valence-electron chi connectivity index (χ4n) is 1.66. The second-order valence-electron chi connectivity index (χ2n) is 4.34. The van der Waals surface area contributed by atoms with Crippen LogP contribution in [-0.4, -0.2) is 20.1 Å². The van der Waals surface area contributed by atoms with Gasteiger partial charge in [0.2, 0.25) is 0 Å². The molecule has 0 unspecified atom stereocenters. The van der Waals surface area contributed by atoms with E-state index in [1.165, 1.54) is 11.3 Å². The molecule has 2 aromatic rings. The summed E-state index contributed by atoms with van der Waals surface area (Å²) in [6.07, 6.45) is 0.393. The lowest BCUT2D eigenvalue weighted by molar-refractivity contribution is 0.305. The van der Waals surface area contributed by atoms with E-state index in [1.807, 2.05) is 13.0 Å². The Bertz CT molecular complexity index is 769. The number of aryl methyl sites for hydroxylation is 1. The molecule has 0 amide bonds. The Hall–Kier alpha value is -1.81. The molecule has 2 N–H and O–H groups in total. The number of nitrogens with one attached hydrogen (secondary N) is 1. The van der Waals surface area contributed by atoms with Crippen molar-refractivity contribution in [1.29, 1.82) is 0 Å². The maximum absolute atomic E-state index is 12.1. The van der Waals surface area contributed by atoms with Crippen LogP contribution in [0.25, 0.3) is 0 Å². The average molecular weight is 321 g/mol. The van der Waals surface area contributed by atoms with Gasteiger partial charge in [0.25, 0.3) is 10.0 Å². The molecule has 0 bridgehead atoms. The molecule has 1 aromatic carbocycles. The van der Waals surface area contributed by atoms with Gasteiger partial charge in [-0.15, -0.1) is 11.3 Å². The summed E-state index contributed by atoms with van der Waals surface area (Å²) < 4.78 is 27.1. The smallest absolute Gasteiger partial charge is 0.271 e. The van der Waals surface area contributed by atoms with Crippen molar-refractivity contribution in [3.05, 3.63) is 46.8 Å². The molecule has 0 saturated carbocycles. The zero-order valence-corrected chi connectivity index (χ0v) is 13.1. The number of rotatable bonds is 4. The van der Waals surface area contributed by atoms with Crippen LogP contribution >= 0.6 is 11.3 Å². The van der Waals surface area contributed by atoms with E-state index in [1.54, 1.807) is 29.6 Å². The van der Waals surface area contributed by atoms with Crippen LogP contribution in [0, 0.1) is 18.8 Å².